The summed E-state index contributed by atoms with van der Waals surface area (Å²) in [5.74, 6) is 0. The fraction of sp³-hybridized carbons (Fsp3) is 0.176. The highest BCUT2D eigenvalue weighted by Gasteiger charge is 2.25. The average Bonchev–Trinajstić information content (AvgIpc) is 2.56. The summed E-state index contributed by atoms with van der Waals surface area (Å²) in [6, 6.07) is 18.5. The molecule has 4 N–H and O–H groups in total. The first-order valence-electron chi connectivity index (χ1n) is 7.25. The molecule has 0 aliphatic carbocycles. The Morgan fingerprint density at radius 2 is 1.86 bits per heavy atom. The van der Waals surface area contributed by atoms with E-state index in [4.69, 9.17) is 18.0 Å². The average molecular weight is 310 g/mol. The van der Waals surface area contributed by atoms with Crippen molar-refractivity contribution in [1.82, 2.24) is 10.7 Å². The molecule has 1 aliphatic rings. The Balaban J connectivity index is 2.04. The lowest BCUT2D eigenvalue weighted by Crippen LogP contribution is -2.37. The summed E-state index contributed by atoms with van der Waals surface area (Å²) in [5.41, 5.74) is 12.8. The predicted molar refractivity (Wildman–Crippen MR) is 93.8 cm³/mol. The maximum Gasteiger partial charge on any atom is 0.184 e. The third-order valence-corrected chi connectivity index (χ3v) is 3.83. The number of nitrogens with two attached hydrogens (primary N) is 1. The van der Waals surface area contributed by atoms with Crippen molar-refractivity contribution in [3.8, 4) is 0 Å². The van der Waals surface area contributed by atoms with Gasteiger partial charge in [-0.2, -0.15) is 5.10 Å². The van der Waals surface area contributed by atoms with Crippen LogP contribution in [0, 0.1) is 0 Å². The van der Waals surface area contributed by atoms with E-state index in [1.54, 1.807) is 0 Å². The SMILES string of the molecule is NC(=S)NN=C(c1ccccc1)C1NCCc2ccccc21. The molecular weight excluding hydrogens is 292 g/mol. The van der Waals surface area contributed by atoms with Crippen molar-refractivity contribution in [2.24, 2.45) is 10.8 Å². The summed E-state index contributed by atoms with van der Waals surface area (Å²) in [5, 5.41) is 8.16. The Morgan fingerprint density at radius 3 is 2.64 bits per heavy atom. The fourth-order valence-corrected chi connectivity index (χ4v) is 2.81. The number of hydrogen-bond donors (Lipinski definition) is 3. The second-order valence-electron chi connectivity index (χ2n) is 5.18. The molecule has 1 heterocycles. The van der Waals surface area contributed by atoms with E-state index in [0.717, 1.165) is 24.2 Å². The molecular formula is C17H18N4S. The Kier molecular flexibility index (Phi) is 4.46. The van der Waals surface area contributed by atoms with Crippen LogP contribution in [0.1, 0.15) is 22.7 Å². The van der Waals surface area contributed by atoms with E-state index < -0.39 is 0 Å². The van der Waals surface area contributed by atoms with Gasteiger partial charge in [0.25, 0.3) is 0 Å². The number of hydrazone groups is 1. The molecule has 4 nitrogen and oxygen atoms in total. The molecule has 0 amide bonds. The first-order valence-corrected chi connectivity index (χ1v) is 7.66. The Morgan fingerprint density at radius 1 is 1.14 bits per heavy atom. The Hall–Kier alpha value is -2.24. The summed E-state index contributed by atoms with van der Waals surface area (Å²) in [4.78, 5) is 0. The van der Waals surface area contributed by atoms with Crippen molar-refractivity contribution in [3.05, 3.63) is 71.3 Å². The molecule has 2 aromatic carbocycles. The number of benzene rings is 2. The van der Waals surface area contributed by atoms with E-state index >= 15 is 0 Å². The van der Waals surface area contributed by atoms with Crippen LogP contribution in [0.15, 0.2) is 59.7 Å². The van der Waals surface area contributed by atoms with Crippen LogP contribution in [-0.2, 0) is 6.42 Å². The number of rotatable bonds is 3. The van der Waals surface area contributed by atoms with Crippen LogP contribution < -0.4 is 16.5 Å². The monoisotopic (exact) mass is 310 g/mol. The van der Waals surface area contributed by atoms with Crippen molar-refractivity contribution in [3.63, 3.8) is 0 Å². The van der Waals surface area contributed by atoms with Gasteiger partial charge in [0.1, 0.15) is 0 Å². The Bertz CT molecular complexity index is 697. The number of fused-ring (bicyclic) bond motifs is 1. The zero-order valence-electron chi connectivity index (χ0n) is 12.1. The van der Waals surface area contributed by atoms with Crippen LogP contribution in [0.3, 0.4) is 0 Å². The number of nitrogens with zero attached hydrogens (tertiary/aromatic N) is 1. The van der Waals surface area contributed by atoms with Gasteiger partial charge in [-0.05, 0) is 35.3 Å². The summed E-state index contributed by atoms with van der Waals surface area (Å²) in [6.07, 6.45) is 1.03. The molecule has 1 atom stereocenters. The first-order chi connectivity index (χ1) is 10.8. The van der Waals surface area contributed by atoms with E-state index in [2.05, 4.69) is 40.1 Å². The molecule has 1 aliphatic heterocycles. The minimum atomic E-state index is 0.0224. The lowest BCUT2D eigenvalue weighted by atomic mass is 9.89. The highest BCUT2D eigenvalue weighted by Crippen LogP contribution is 2.26. The van der Waals surface area contributed by atoms with Gasteiger partial charge in [-0.3, -0.25) is 5.43 Å². The van der Waals surface area contributed by atoms with Crippen molar-refractivity contribution in [2.45, 2.75) is 12.5 Å². The molecule has 0 fully saturated rings. The fourth-order valence-electron chi connectivity index (χ4n) is 2.77. The second-order valence-corrected chi connectivity index (χ2v) is 5.61. The topological polar surface area (TPSA) is 62.4 Å². The van der Waals surface area contributed by atoms with Crippen molar-refractivity contribution in [2.75, 3.05) is 6.54 Å². The number of hydrogen-bond acceptors (Lipinski definition) is 3. The molecule has 0 spiro atoms. The Labute approximate surface area is 135 Å². The quantitative estimate of drug-likeness (QED) is 0.462. The van der Waals surface area contributed by atoms with Crippen LogP contribution in [0.25, 0.3) is 0 Å². The van der Waals surface area contributed by atoms with E-state index in [9.17, 15) is 0 Å². The van der Waals surface area contributed by atoms with Crippen LogP contribution in [0.4, 0.5) is 0 Å². The van der Waals surface area contributed by atoms with Gasteiger partial charge in [0.15, 0.2) is 5.11 Å². The number of thiocarbonyl (C=S) groups is 1. The third-order valence-electron chi connectivity index (χ3n) is 3.74. The maximum atomic E-state index is 5.54. The molecule has 0 saturated carbocycles. The predicted octanol–water partition coefficient (Wildman–Crippen LogP) is 2.11. The highest BCUT2D eigenvalue weighted by molar-refractivity contribution is 7.80. The first kappa shape index (κ1) is 14.7. The molecule has 112 valence electrons. The lowest BCUT2D eigenvalue weighted by molar-refractivity contribution is 0.601. The standard InChI is InChI=1S/C17H18N4S/c18-17(22)21-20-15(13-7-2-1-3-8-13)16-14-9-5-4-6-12(14)10-11-19-16/h1-9,16,19H,10-11H2,(H3,18,21,22). The molecule has 0 bridgehead atoms. The summed E-state index contributed by atoms with van der Waals surface area (Å²) in [7, 11) is 0. The summed E-state index contributed by atoms with van der Waals surface area (Å²) < 4.78 is 0. The molecule has 1 unspecified atom stereocenters. The van der Waals surface area contributed by atoms with Gasteiger partial charge in [-0.25, -0.2) is 0 Å². The molecule has 0 saturated heterocycles. The molecule has 3 rings (SSSR count). The minimum absolute atomic E-state index is 0.0224. The van der Waals surface area contributed by atoms with E-state index in [1.165, 1.54) is 11.1 Å². The van der Waals surface area contributed by atoms with E-state index in [1.807, 2.05) is 30.3 Å². The van der Waals surface area contributed by atoms with Gasteiger partial charge in [-0.1, -0.05) is 54.6 Å². The third kappa shape index (κ3) is 3.16. The van der Waals surface area contributed by atoms with Gasteiger partial charge in [0.05, 0.1) is 11.8 Å². The molecule has 5 heteroatoms. The van der Waals surface area contributed by atoms with Gasteiger partial charge < -0.3 is 11.1 Å². The summed E-state index contributed by atoms with van der Waals surface area (Å²) >= 11 is 4.88. The van der Waals surface area contributed by atoms with Crippen molar-refractivity contribution in [1.29, 1.82) is 0 Å². The van der Waals surface area contributed by atoms with Crippen LogP contribution in [-0.4, -0.2) is 17.4 Å². The van der Waals surface area contributed by atoms with Gasteiger partial charge in [0, 0.05) is 6.54 Å². The number of nitrogens with one attached hydrogen (secondary N) is 2. The molecule has 0 aromatic heterocycles. The highest BCUT2D eigenvalue weighted by atomic mass is 32.1. The zero-order chi connectivity index (χ0) is 15.4. The van der Waals surface area contributed by atoms with Crippen LogP contribution in [0.2, 0.25) is 0 Å². The van der Waals surface area contributed by atoms with Crippen LogP contribution >= 0.6 is 12.2 Å². The maximum absolute atomic E-state index is 5.54. The summed E-state index contributed by atoms with van der Waals surface area (Å²) in [6.45, 7) is 0.917. The van der Waals surface area contributed by atoms with E-state index in [0.29, 0.717) is 0 Å². The van der Waals surface area contributed by atoms with Crippen molar-refractivity contribution < 1.29 is 0 Å². The van der Waals surface area contributed by atoms with Crippen molar-refractivity contribution >= 4 is 23.0 Å². The molecule has 2 aromatic rings. The van der Waals surface area contributed by atoms with Crippen LogP contribution in [0.5, 0.6) is 0 Å². The normalized spacial score (nSPS) is 17.6. The van der Waals surface area contributed by atoms with E-state index in [-0.39, 0.29) is 11.2 Å². The van der Waals surface area contributed by atoms with Gasteiger partial charge in [0.2, 0.25) is 0 Å². The van der Waals surface area contributed by atoms with Gasteiger partial charge >= 0.3 is 0 Å². The lowest BCUT2D eigenvalue weighted by Gasteiger charge is -2.28. The molecule has 22 heavy (non-hydrogen) atoms. The minimum Gasteiger partial charge on any atom is -0.375 e. The largest absolute Gasteiger partial charge is 0.375 e. The second kappa shape index (κ2) is 6.68. The molecule has 0 radical (unpaired) electrons. The van der Waals surface area contributed by atoms with Gasteiger partial charge in [-0.15, -0.1) is 0 Å². The zero-order valence-corrected chi connectivity index (χ0v) is 12.9. The smallest absolute Gasteiger partial charge is 0.184 e.